The van der Waals surface area contributed by atoms with Crippen molar-refractivity contribution in [1.29, 1.82) is 0 Å². The second kappa shape index (κ2) is 5.54. The van der Waals surface area contributed by atoms with Crippen LogP contribution in [0.25, 0.3) is 0 Å². The molecule has 0 amide bonds. The van der Waals surface area contributed by atoms with Crippen molar-refractivity contribution in [2.75, 3.05) is 0 Å². The minimum atomic E-state index is 0.0760. The minimum absolute atomic E-state index is 0.0760. The first kappa shape index (κ1) is 13.6. The third kappa shape index (κ3) is 2.73. The van der Waals surface area contributed by atoms with Gasteiger partial charge in [0, 0.05) is 11.8 Å². The molecule has 2 unspecified atom stereocenters. The highest BCUT2D eigenvalue weighted by Gasteiger charge is 2.28. The van der Waals surface area contributed by atoms with Gasteiger partial charge in [-0.05, 0) is 60.6 Å². The first-order valence-corrected chi connectivity index (χ1v) is 8.52. The number of hydrogen-bond donors (Lipinski definition) is 1. The Hall–Kier alpha value is -0.390. The Morgan fingerprint density at radius 1 is 1.16 bits per heavy atom. The zero-order chi connectivity index (χ0) is 13.4. The van der Waals surface area contributed by atoms with Crippen LogP contribution in [0, 0.1) is 9.49 Å². The molecule has 19 heavy (non-hydrogen) atoms. The van der Waals surface area contributed by atoms with E-state index in [0.29, 0.717) is 11.8 Å². The van der Waals surface area contributed by atoms with Gasteiger partial charge in [0.05, 0.1) is 9.26 Å². The molecule has 0 radical (unpaired) electrons. The number of aromatic nitrogens is 2. The van der Waals surface area contributed by atoms with Crippen molar-refractivity contribution >= 4 is 22.6 Å². The Kier molecular flexibility index (Phi) is 3.96. The van der Waals surface area contributed by atoms with E-state index in [1.165, 1.54) is 44.9 Å². The lowest BCUT2D eigenvalue weighted by Crippen LogP contribution is -2.20. The Morgan fingerprint density at radius 3 is 2.53 bits per heavy atom. The van der Waals surface area contributed by atoms with Crippen molar-refractivity contribution in [1.82, 2.24) is 9.97 Å². The lowest BCUT2D eigenvalue weighted by atomic mass is 10.0. The van der Waals surface area contributed by atoms with Crippen molar-refractivity contribution in [3.05, 3.63) is 25.4 Å². The van der Waals surface area contributed by atoms with Crippen LogP contribution in [0.2, 0.25) is 0 Å². The van der Waals surface area contributed by atoms with E-state index in [0.717, 1.165) is 21.0 Å². The van der Waals surface area contributed by atoms with Gasteiger partial charge < -0.3 is 4.98 Å². The molecule has 1 aromatic heterocycles. The molecule has 2 aliphatic rings. The van der Waals surface area contributed by atoms with Crippen molar-refractivity contribution in [2.24, 2.45) is 5.92 Å². The van der Waals surface area contributed by atoms with Gasteiger partial charge in [-0.3, -0.25) is 4.79 Å². The lowest BCUT2D eigenvalue weighted by molar-refractivity contribution is 0.577. The largest absolute Gasteiger partial charge is 0.309 e. The number of halogens is 1. The highest BCUT2D eigenvalue weighted by molar-refractivity contribution is 14.1. The third-order valence-electron chi connectivity index (χ3n) is 4.73. The first-order chi connectivity index (χ1) is 9.15. The SMILES string of the molecule is CC1CCC(c2nc(C3CCCC3)c(I)c(=O)[nH]2)C1. The van der Waals surface area contributed by atoms with E-state index in [9.17, 15) is 4.79 Å². The van der Waals surface area contributed by atoms with Crippen LogP contribution in [-0.2, 0) is 0 Å². The summed E-state index contributed by atoms with van der Waals surface area (Å²) in [4.78, 5) is 20.0. The number of nitrogens with one attached hydrogen (secondary N) is 1. The van der Waals surface area contributed by atoms with E-state index in [4.69, 9.17) is 4.98 Å². The highest BCUT2D eigenvalue weighted by atomic mass is 127. The molecule has 2 aliphatic carbocycles. The molecule has 1 aromatic rings. The number of nitrogens with zero attached hydrogens (tertiary/aromatic N) is 1. The van der Waals surface area contributed by atoms with Gasteiger partial charge in [-0.1, -0.05) is 19.8 Å². The van der Waals surface area contributed by atoms with Crippen LogP contribution in [0.4, 0.5) is 0 Å². The summed E-state index contributed by atoms with van der Waals surface area (Å²) >= 11 is 2.17. The van der Waals surface area contributed by atoms with Crippen LogP contribution in [0.15, 0.2) is 4.79 Å². The fourth-order valence-corrected chi connectivity index (χ4v) is 4.31. The fourth-order valence-electron chi connectivity index (χ4n) is 3.61. The molecule has 2 atom stereocenters. The van der Waals surface area contributed by atoms with E-state index in [-0.39, 0.29) is 5.56 Å². The molecule has 3 rings (SSSR count). The first-order valence-electron chi connectivity index (χ1n) is 7.44. The standard InChI is InChI=1S/C15H21IN2O/c1-9-6-7-11(8-9)14-17-13(10-4-2-3-5-10)12(16)15(19)18-14/h9-11H,2-8H2,1H3,(H,17,18,19). The average Bonchev–Trinajstić information content (AvgIpc) is 3.03. The topological polar surface area (TPSA) is 45.8 Å². The summed E-state index contributed by atoms with van der Waals surface area (Å²) in [6.45, 7) is 2.29. The second-order valence-electron chi connectivity index (χ2n) is 6.25. The molecule has 2 fully saturated rings. The lowest BCUT2D eigenvalue weighted by Gasteiger charge is -2.15. The molecular formula is C15H21IN2O. The van der Waals surface area contributed by atoms with Crippen molar-refractivity contribution in [3.8, 4) is 0 Å². The van der Waals surface area contributed by atoms with Gasteiger partial charge in [0.25, 0.3) is 5.56 Å². The summed E-state index contributed by atoms with van der Waals surface area (Å²) in [6.07, 6.45) is 8.58. The monoisotopic (exact) mass is 372 g/mol. The maximum Gasteiger partial charge on any atom is 0.264 e. The van der Waals surface area contributed by atoms with Crippen LogP contribution in [0.3, 0.4) is 0 Å². The number of rotatable bonds is 2. The fraction of sp³-hybridized carbons (Fsp3) is 0.733. The second-order valence-corrected chi connectivity index (χ2v) is 7.33. The van der Waals surface area contributed by atoms with Gasteiger partial charge in [0.1, 0.15) is 5.82 Å². The zero-order valence-electron chi connectivity index (χ0n) is 11.4. The predicted molar refractivity (Wildman–Crippen MR) is 84.5 cm³/mol. The summed E-state index contributed by atoms with van der Waals surface area (Å²) in [5.41, 5.74) is 1.16. The van der Waals surface area contributed by atoms with Gasteiger partial charge >= 0.3 is 0 Å². The molecule has 104 valence electrons. The predicted octanol–water partition coefficient (Wildman–Crippen LogP) is 3.94. The summed E-state index contributed by atoms with van der Waals surface area (Å²) in [7, 11) is 0. The molecule has 3 nitrogen and oxygen atoms in total. The van der Waals surface area contributed by atoms with Crippen LogP contribution >= 0.6 is 22.6 Å². The maximum absolute atomic E-state index is 12.2. The maximum atomic E-state index is 12.2. The van der Waals surface area contributed by atoms with Crippen LogP contribution in [0.1, 0.15) is 75.2 Å². The van der Waals surface area contributed by atoms with Gasteiger partial charge in [-0.2, -0.15) is 0 Å². The van der Waals surface area contributed by atoms with Crippen molar-refractivity contribution < 1.29 is 0 Å². The van der Waals surface area contributed by atoms with E-state index in [1.807, 2.05) is 0 Å². The Morgan fingerprint density at radius 2 is 1.89 bits per heavy atom. The highest BCUT2D eigenvalue weighted by Crippen LogP contribution is 2.38. The number of H-pyrrole nitrogens is 1. The molecule has 4 heteroatoms. The Bertz CT molecular complexity index is 519. The van der Waals surface area contributed by atoms with Gasteiger partial charge in [-0.25, -0.2) is 4.98 Å². The minimum Gasteiger partial charge on any atom is -0.309 e. The molecule has 0 aromatic carbocycles. The quantitative estimate of drug-likeness (QED) is 0.800. The molecule has 2 saturated carbocycles. The van der Waals surface area contributed by atoms with Gasteiger partial charge in [0.2, 0.25) is 0 Å². The van der Waals surface area contributed by atoms with E-state index >= 15 is 0 Å². The molecule has 0 saturated heterocycles. The summed E-state index contributed by atoms with van der Waals surface area (Å²) in [5.74, 6) is 2.72. The normalized spacial score (nSPS) is 28.1. The van der Waals surface area contributed by atoms with Crippen molar-refractivity contribution in [3.63, 3.8) is 0 Å². The smallest absolute Gasteiger partial charge is 0.264 e. The van der Waals surface area contributed by atoms with Gasteiger partial charge in [0.15, 0.2) is 0 Å². The molecular weight excluding hydrogens is 351 g/mol. The van der Waals surface area contributed by atoms with Crippen LogP contribution in [-0.4, -0.2) is 9.97 Å². The summed E-state index contributed by atoms with van der Waals surface area (Å²) < 4.78 is 0.819. The molecule has 0 aliphatic heterocycles. The third-order valence-corrected chi connectivity index (χ3v) is 5.77. The van der Waals surface area contributed by atoms with E-state index in [2.05, 4.69) is 34.5 Å². The molecule has 1 N–H and O–H groups in total. The molecule has 1 heterocycles. The molecule has 0 spiro atoms. The van der Waals surface area contributed by atoms with Crippen molar-refractivity contribution in [2.45, 2.75) is 63.7 Å². The zero-order valence-corrected chi connectivity index (χ0v) is 13.6. The average molecular weight is 372 g/mol. The number of hydrogen-bond acceptors (Lipinski definition) is 2. The number of aromatic amines is 1. The summed E-state index contributed by atoms with van der Waals surface area (Å²) in [6, 6.07) is 0. The van der Waals surface area contributed by atoms with E-state index in [1.54, 1.807) is 0 Å². The van der Waals surface area contributed by atoms with E-state index < -0.39 is 0 Å². The Balaban J connectivity index is 1.95. The van der Waals surface area contributed by atoms with Gasteiger partial charge in [-0.15, -0.1) is 0 Å². The van der Waals surface area contributed by atoms with Crippen LogP contribution < -0.4 is 5.56 Å². The summed E-state index contributed by atoms with van der Waals surface area (Å²) in [5, 5.41) is 0. The molecule has 0 bridgehead atoms. The Labute approximate surface area is 127 Å². The van der Waals surface area contributed by atoms with Crippen LogP contribution in [0.5, 0.6) is 0 Å².